The van der Waals surface area contributed by atoms with Crippen molar-refractivity contribution in [1.82, 2.24) is 15.5 Å². The van der Waals surface area contributed by atoms with Gasteiger partial charge in [0.2, 0.25) is 0 Å². The van der Waals surface area contributed by atoms with Gasteiger partial charge in [-0.25, -0.2) is 0 Å². The Morgan fingerprint density at radius 2 is 2.28 bits per heavy atom. The lowest BCUT2D eigenvalue weighted by Crippen LogP contribution is -2.56. The van der Waals surface area contributed by atoms with E-state index in [0.717, 1.165) is 31.2 Å². The van der Waals surface area contributed by atoms with E-state index in [1.165, 1.54) is 12.8 Å². The van der Waals surface area contributed by atoms with E-state index in [9.17, 15) is 0 Å². The van der Waals surface area contributed by atoms with Gasteiger partial charge in [0.1, 0.15) is 5.82 Å². The van der Waals surface area contributed by atoms with Crippen LogP contribution in [0.15, 0.2) is 12.1 Å². The minimum Gasteiger partial charge on any atom is -0.376 e. The van der Waals surface area contributed by atoms with Gasteiger partial charge in [0.15, 0.2) is 0 Å². The Kier molecular flexibility index (Phi) is 3.43. The maximum Gasteiger partial charge on any atom is 0.149 e. The van der Waals surface area contributed by atoms with Gasteiger partial charge in [0.05, 0.1) is 17.8 Å². The molecule has 0 bridgehead atoms. The molecule has 0 amide bonds. The average Bonchev–Trinajstić information content (AvgIpc) is 2.42. The van der Waals surface area contributed by atoms with E-state index in [2.05, 4.69) is 20.8 Å². The quantitative estimate of drug-likeness (QED) is 0.816. The molecule has 3 atom stereocenters. The van der Waals surface area contributed by atoms with Crippen molar-refractivity contribution < 1.29 is 4.74 Å². The number of hydrogen-bond donors (Lipinski definition) is 2. The lowest BCUT2D eigenvalue weighted by atomic mass is 9.86. The van der Waals surface area contributed by atoms with Crippen LogP contribution in [0.2, 0.25) is 0 Å². The molecule has 1 aromatic heterocycles. The van der Waals surface area contributed by atoms with E-state index in [1.54, 1.807) is 0 Å². The third-order valence-electron chi connectivity index (χ3n) is 3.79. The highest BCUT2D eigenvalue weighted by atomic mass is 16.5. The number of aryl methyl sites for hydroxylation is 1. The number of aromatic nitrogens is 2. The van der Waals surface area contributed by atoms with Crippen LogP contribution in [0.4, 0.5) is 5.82 Å². The van der Waals surface area contributed by atoms with Crippen molar-refractivity contribution in [2.45, 2.75) is 31.9 Å². The van der Waals surface area contributed by atoms with Crippen molar-refractivity contribution in [1.29, 1.82) is 0 Å². The first kappa shape index (κ1) is 11.9. The van der Waals surface area contributed by atoms with Crippen molar-refractivity contribution in [3.8, 4) is 0 Å². The summed E-state index contributed by atoms with van der Waals surface area (Å²) in [5.41, 5.74) is 0.939. The molecule has 5 heteroatoms. The fourth-order valence-electron chi connectivity index (χ4n) is 2.87. The summed E-state index contributed by atoms with van der Waals surface area (Å²) >= 11 is 0. The van der Waals surface area contributed by atoms with Crippen LogP contribution in [0.3, 0.4) is 0 Å². The zero-order valence-corrected chi connectivity index (χ0v) is 10.7. The van der Waals surface area contributed by atoms with Gasteiger partial charge in [-0.3, -0.25) is 0 Å². The molecule has 2 fully saturated rings. The fourth-order valence-corrected chi connectivity index (χ4v) is 2.87. The molecule has 0 aliphatic carbocycles. The Hall–Kier alpha value is -1.20. The molecule has 5 nitrogen and oxygen atoms in total. The number of anilines is 1. The van der Waals surface area contributed by atoms with Gasteiger partial charge in [0, 0.05) is 19.7 Å². The summed E-state index contributed by atoms with van der Waals surface area (Å²) in [4.78, 5) is 0. The van der Waals surface area contributed by atoms with Gasteiger partial charge in [-0.15, -0.1) is 5.10 Å². The normalized spacial score (nSPS) is 31.7. The number of hydrogen-bond acceptors (Lipinski definition) is 5. The zero-order chi connectivity index (χ0) is 12.4. The molecule has 0 spiro atoms. The summed E-state index contributed by atoms with van der Waals surface area (Å²) in [6.07, 6.45) is 2.75. The van der Waals surface area contributed by atoms with E-state index in [0.29, 0.717) is 18.1 Å². The molecule has 2 aliphatic heterocycles. The number of fused-ring (bicyclic) bond motifs is 1. The van der Waals surface area contributed by atoms with Crippen LogP contribution in [0.5, 0.6) is 0 Å². The summed E-state index contributed by atoms with van der Waals surface area (Å²) < 4.78 is 5.94. The number of piperidine rings is 1. The van der Waals surface area contributed by atoms with Crippen LogP contribution in [-0.4, -0.2) is 42.0 Å². The zero-order valence-electron chi connectivity index (χ0n) is 10.7. The highest BCUT2D eigenvalue weighted by molar-refractivity contribution is 5.35. The first-order valence-electron chi connectivity index (χ1n) is 6.72. The molecule has 2 N–H and O–H groups in total. The second-order valence-corrected chi connectivity index (χ2v) is 5.21. The number of nitrogens with one attached hydrogen (secondary N) is 2. The van der Waals surface area contributed by atoms with E-state index < -0.39 is 0 Å². The second kappa shape index (κ2) is 5.20. The summed E-state index contributed by atoms with van der Waals surface area (Å²) in [5.74, 6) is 1.46. The molecule has 1 aromatic rings. The predicted octanol–water partition coefficient (Wildman–Crippen LogP) is 0.964. The van der Waals surface area contributed by atoms with Gasteiger partial charge in [-0.05, 0) is 37.8 Å². The Balaban J connectivity index is 1.69. The smallest absolute Gasteiger partial charge is 0.149 e. The SMILES string of the molecule is Cc1ccc(N[C@@H]2CNC[C@@H]3CCCO[C@@H]32)nn1. The molecule has 3 rings (SSSR count). The van der Waals surface area contributed by atoms with Crippen molar-refractivity contribution in [3.63, 3.8) is 0 Å². The Labute approximate surface area is 107 Å². The van der Waals surface area contributed by atoms with E-state index in [1.807, 2.05) is 19.1 Å². The standard InChI is InChI=1S/C13H20N4O/c1-9-4-5-12(17-16-9)15-11-8-14-7-10-3-2-6-18-13(10)11/h4-5,10-11,13-14H,2-3,6-8H2,1H3,(H,15,17)/t10-,11+,13-/m0/s1. The van der Waals surface area contributed by atoms with Crippen LogP contribution < -0.4 is 10.6 Å². The number of rotatable bonds is 2. The topological polar surface area (TPSA) is 59.1 Å². The molecule has 0 unspecified atom stereocenters. The van der Waals surface area contributed by atoms with Gasteiger partial charge < -0.3 is 15.4 Å². The minimum atomic E-state index is 0.293. The van der Waals surface area contributed by atoms with E-state index in [4.69, 9.17) is 4.74 Å². The number of ether oxygens (including phenoxy) is 1. The van der Waals surface area contributed by atoms with Gasteiger partial charge in [0.25, 0.3) is 0 Å². The third-order valence-corrected chi connectivity index (χ3v) is 3.79. The predicted molar refractivity (Wildman–Crippen MR) is 69.5 cm³/mol. The molecule has 0 radical (unpaired) electrons. The highest BCUT2D eigenvalue weighted by Crippen LogP contribution is 2.26. The molecule has 0 saturated carbocycles. The summed E-state index contributed by atoms with van der Waals surface area (Å²) in [5, 5.41) is 15.2. The lowest BCUT2D eigenvalue weighted by molar-refractivity contribution is -0.0474. The second-order valence-electron chi connectivity index (χ2n) is 5.21. The maximum absolute atomic E-state index is 5.94. The van der Waals surface area contributed by atoms with Gasteiger partial charge >= 0.3 is 0 Å². The number of nitrogens with zero attached hydrogens (tertiary/aromatic N) is 2. The summed E-state index contributed by atoms with van der Waals surface area (Å²) in [7, 11) is 0. The van der Waals surface area contributed by atoms with Crippen LogP contribution >= 0.6 is 0 Å². The highest BCUT2D eigenvalue weighted by Gasteiger charge is 2.36. The Morgan fingerprint density at radius 3 is 3.11 bits per heavy atom. The van der Waals surface area contributed by atoms with Crippen LogP contribution in [0.1, 0.15) is 18.5 Å². The Bertz CT molecular complexity index is 392. The molecule has 98 valence electrons. The van der Waals surface area contributed by atoms with Crippen LogP contribution in [0, 0.1) is 12.8 Å². The lowest BCUT2D eigenvalue weighted by Gasteiger charge is -2.41. The van der Waals surface area contributed by atoms with E-state index in [-0.39, 0.29) is 0 Å². The first-order valence-corrected chi connectivity index (χ1v) is 6.72. The molecular formula is C13H20N4O. The van der Waals surface area contributed by atoms with Gasteiger partial charge in [-0.2, -0.15) is 5.10 Å². The van der Waals surface area contributed by atoms with Crippen molar-refractivity contribution in [2.24, 2.45) is 5.92 Å². The fraction of sp³-hybridized carbons (Fsp3) is 0.692. The molecule has 3 heterocycles. The maximum atomic E-state index is 5.94. The van der Waals surface area contributed by atoms with Crippen LogP contribution in [-0.2, 0) is 4.74 Å². The first-order chi connectivity index (χ1) is 8.83. The van der Waals surface area contributed by atoms with E-state index >= 15 is 0 Å². The summed E-state index contributed by atoms with van der Waals surface area (Å²) in [6.45, 7) is 4.83. The molecular weight excluding hydrogens is 228 g/mol. The van der Waals surface area contributed by atoms with Crippen LogP contribution in [0.25, 0.3) is 0 Å². The molecule has 2 saturated heterocycles. The molecule has 2 aliphatic rings. The van der Waals surface area contributed by atoms with Crippen molar-refractivity contribution >= 4 is 5.82 Å². The van der Waals surface area contributed by atoms with Crippen molar-refractivity contribution in [2.75, 3.05) is 25.0 Å². The third kappa shape index (κ3) is 2.47. The Morgan fingerprint density at radius 1 is 1.33 bits per heavy atom. The average molecular weight is 248 g/mol. The monoisotopic (exact) mass is 248 g/mol. The molecule has 18 heavy (non-hydrogen) atoms. The van der Waals surface area contributed by atoms with Gasteiger partial charge in [-0.1, -0.05) is 0 Å². The summed E-state index contributed by atoms with van der Waals surface area (Å²) in [6, 6.07) is 4.25. The molecule has 0 aromatic carbocycles. The minimum absolute atomic E-state index is 0.293. The van der Waals surface area contributed by atoms with Crippen molar-refractivity contribution in [3.05, 3.63) is 17.8 Å². The largest absolute Gasteiger partial charge is 0.376 e.